The quantitative estimate of drug-likeness (QED) is 0.645. The first kappa shape index (κ1) is 21.3. The molecule has 12 heteroatoms. The molecule has 6 nitrogen and oxygen atoms in total. The number of hydrogen-bond donors (Lipinski definition) is 1. The van der Waals surface area contributed by atoms with Crippen LogP contribution in [0.1, 0.15) is 21.5 Å². The number of amides is 1. The first-order valence-electron chi connectivity index (χ1n) is 8.37. The molecule has 0 atom stereocenters. The van der Waals surface area contributed by atoms with Crippen LogP contribution in [0.25, 0.3) is 10.9 Å². The molecular formula is C18H12F6N4O2. The maximum Gasteiger partial charge on any atom is 0.417 e. The molecule has 2 aromatic carbocycles. The van der Waals surface area contributed by atoms with Crippen LogP contribution in [-0.4, -0.2) is 27.4 Å². The number of nitrogens with one attached hydrogen (secondary N) is 1. The Hall–Kier alpha value is -3.44. The highest BCUT2D eigenvalue weighted by molar-refractivity contribution is 5.95. The van der Waals surface area contributed by atoms with Crippen LogP contribution in [0.4, 0.5) is 26.3 Å². The molecule has 158 valence electrons. The molecule has 1 aromatic heterocycles. The van der Waals surface area contributed by atoms with Crippen LogP contribution in [-0.2, 0) is 18.9 Å². The van der Waals surface area contributed by atoms with Crippen LogP contribution in [0.2, 0.25) is 0 Å². The first-order chi connectivity index (χ1) is 14.0. The van der Waals surface area contributed by atoms with Crippen LogP contribution in [0.3, 0.4) is 0 Å². The first-order valence-corrected chi connectivity index (χ1v) is 8.37. The number of carbonyl (C=O) groups excluding carboxylic acids is 1. The summed E-state index contributed by atoms with van der Waals surface area (Å²) in [5.74, 6) is -1.00. The summed E-state index contributed by atoms with van der Waals surface area (Å²) in [4.78, 5) is 24.4. The van der Waals surface area contributed by atoms with Crippen molar-refractivity contribution < 1.29 is 31.1 Å². The van der Waals surface area contributed by atoms with E-state index in [2.05, 4.69) is 15.6 Å². The molecule has 1 N–H and O–H groups in total. The van der Waals surface area contributed by atoms with Gasteiger partial charge in [-0.25, -0.2) is 4.68 Å². The molecule has 1 heterocycles. The van der Waals surface area contributed by atoms with E-state index in [1.807, 2.05) is 0 Å². The summed E-state index contributed by atoms with van der Waals surface area (Å²) in [5, 5.41) is 9.21. The molecule has 3 aromatic rings. The molecule has 1 amide bonds. The van der Waals surface area contributed by atoms with E-state index in [0.29, 0.717) is 6.07 Å². The van der Waals surface area contributed by atoms with Gasteiger partial charge in [-0.1, -0.05) is 17.3 Å². The van der Waals surface area contributed by atoms with Crippen molar-refractivity contribution in [3.8, 4) is 0 Å². The fraction of sp³-hybridized carbons (Fsp3) is 0.222. The van der Waals surface area contributed by atoms with Gasteiger partial charge < -0.3 is 5.32 Å². The molecule has 0 saturated heterocycles. The number of rotatable bonds is 4. The Kier molecular flexibility index (Phi) is 5.51. The summed E-state index contributed by atoms with van der Waals surface area (Å²) in [5.41, 5.74) is -3.68. The van der Waals surface area contributed by atoms with Gasteiger partial charge in [-0.2, -0.15) is 26.3 Å². The molecule has 0 bridgehead atoms. The zero-order chi connectivity index (χ0) is 22.1. The molecular weight excluding hydrogens is 418 g/mol. The van der Waals surface area contributed by atoms with E-state index < -0.39 is 40.5 Å². The van der Waals surface area contributed by atoms with Gasteiger partial charge in [0.2, 0.25) is 0 Å². The van der Waals surface area contributed by atoms with E-state index in [-0.39, 0.29) is 24.0 Å². The molecule has 0 aliphatic carbocycles. The molecule has 0 radical (unpaired) electrons. The second-order valence-electron chi connectivity index (χ2n) is 6.15. The van der Waals surface area contributed by atoms with E-state index >= 15 is 0 Å². The lowest BCUT2D eigenvalue weighted by atomic mass is 10.1. The monoisotopic (exact) mass is 430 g/mol. The van der Waals surface area contributed by atoms with Crippen molar-refractivity contribution in [1.29, 1.82) is 0 Å². The van der Waals surface area contributed by atoms with Gasteiger partial charge in [0.25, 0.3) is 11.5 Å². The van der Waals surface area contributed by atoms with Crippen molar-refractivity contribution in [2.24, 2.45) is 0 Å². The van der Waals surface area contributed by atoms with Crippen molar-refractivity contribution in [1.82, 2.24) is 20.3 Å². The highest BCUT2D eigenvalue weighted by Crippen LogP contribution is 2.32. The van der Waals surface area contributed by atoms with E-state index in [1.165, 1.54) is 6.07 Å². The van der Waals surface area contributed by atoms with Gasteiger partial charge in [0.05, 0.1) is 28.6 Å². The number of aromatic nitrogens is 3. The smallest absolute Gasteiger partial charge is 0.350 e. The van der Waals surface area contributed by atoms with Gasteiger partial charge in [0.1, 0.15) is 5.52 Å². The maximum atomic E-state index is 13.0. The number of alkyl halides is 6. The van der Waals surface area contributed by atoms with E-state index in [0.717, 1.165) is 35.0 Å². The minimum absolute atomic E-state index is 0.119. The fourth-order valence-electron chi connectivity index (χ4n) is 2.70. The lowest BCUT2D eigenvalue weighted by molar-refractivity contribution is -0.138. The summed E-state index contributed by atoms with van der Waals surface area (Å²) in [6.07, 6.45) is -9.33. The highest BCUT2D eigenvalue weighted by Gasteiger charge is 2.34. The minimum atomic E-state index is -4.72. The van der Waals surface area contributed by atoms with Crippen LogP contribution >= 0.6 is 0 Å². The van der Waals surface area contributed by atoms with Crippen molar-refractivity contribution in [2.45, 2.75) is 18.9 Å². The molecule has 0 spiro atoms. The predicted molar refractivity (Wildman–Crippen MR) is 92.6 cm³/mol. The number of fused-ring (bicyclic) bond motifs is 1. The fourth-order valence-corrected chi connectivity index (χ4v) is 2.70. The summed E-state index contributed by atoms with van der Waals surface area (Å²) in [6, 6.07) is 6.58. The Balaban J connectivity index is 1.75. The van der Waals surface area contributed by atoms with Gasteiger partial charge in [0, 0.05) is 6.54 Å². The van der Waals surface area contributed by atoms with Crippen LogP contribution < -0.4 is 10.9 Å². The number of nitrogens with zero attached hydrogens (tertiary/aromatic N) is 3. The summed E-state index contributed by atoms with van der Waals surface area (Å²) in [7, 11) is 0. The van der Waals surface area contributed by atoms with Gasteiger partial charge >= 0.3 is 12.4 Å². The second-order valence-corrected chi connectivity index (χ2v) is 6.15. The predicted octanol–water partition coefficient (Wildman–Crippen LogP) is 3.26. The normalized spacial score (nSPS) is 12.2. The molecule has 0 unspecified atom stereocenters. The Bertz CT molecular complexity index is 1150. The number of benzene rings is 2. The summed E-state index contributed by atoms with van der Waals surface area (Å²) < 4.78 is 78.0. The average Bonchev–Trinajstić information content (AvgIpc) is 2.68. The molecule has 30 heavy (non-hydrogen) atoms. The lowest BCUT2D eigenvalue weighted by Crippen LogP contribution is -2.33. The van der Waals surface area contributed by atoms with E-state index in [4.69, 9.17) is 0 Å². The third-order valence-electron chi connectivity index (χ3n) is 4.14. The summed E-state index contributed by atoms with van der Waals surface area (Å²) >= 11 is 0. The Morgan fingerprint density at radius 2 is 1.70 bits per heavy atom. The van der Waals surface area contributed by atoms with Crippen LogP contribution in [0.15, 0.2) is 47.3 Å². The SMILES string of the molecule is O=C(NCCn1nnc2cc(C(F)(F)F)ccc2c1=O)c1ccccc1C(F)(F)F. The standard InChI is InChI=1S/C18H12F6N4O2/c19-17(20,21)10-5-6-12-14(9-10)26-27-28(16(12)30)8-7-25-15(29)11-3-1-2-4-13(11)18(22,23)24/h1-6,9H,7-8H2,(H,25,29). The number of halogens is 6. The van der Waals surface area contributed by atoms with Gasteiger partial charge in [0.15, 0.2) is 0 Å². The average molecular weight is 430 g/mol. The molecule has 0 aliphatic heterocycles. The number of carbonyl (C=O) groups is 1. The lowest BCUT2D eigenvalue weighted by Gasteiger charge is -2.13. The number of hydrogen-bond acceptors (Lipinski definition) is 4. The third kappa shape index (κ3) is 4.42. The van der Waals surface area contributed by atoms with Crippen molar-refractivity contribution in [3.05, 3.63) is 69.5 Å². The van der Waals surface area contributed by atoms with Crippen molar-refractivity contribution in [2.75, 3.05) is 6.54 Å². The zero-order valence-electron chi connectivity index (χ0n) is 14.9. The van der Waals surface area contributed by atoms with Gasteiger partial charge in [-0.15, -0.1) is 5.10 Å². The largest absolute Gasteiger partial charge is 0.417 e. The molecule has 0 fully saturated rings. The van der Waals surface area contributed by atoms with Gasteiger partial charge in [-0.05, 0) is 30.3 Å². The second kappa shape index (κ2) is 7.76. The highest BCUT2D eigenvalue weighted by atomic mass is 19.4. The maximum absolute atomic E-state index is 13.0. The van der Waals surface area contributed by atoms with Gasteiger partial charge in [-0.3, -0.25) is 9.59 Å². The van der Waals surface area contributed by atoms with Crippen LogP contribution in [0, 0.1) is 0 Å². The molecule has 0 aliphatic rings. The van der Waals surface area contributed by atoms with E-state index in [9.17, 15) is 35.9 Å². The van der Waals surface area contributed by atoms with Crippen molar-refractivity contribution in [3.63, 3.8) is 0 Å². The summed E-state index contributed by atoms with van der Waals surface area (Å²) in [6.45, 7) is -0.505. The molecule has 0 saturated carbocycles. The topological polar surface area (TPSA) is 76.9 Å². The minimum Gasteiger partial charge on any atom is -0.350 e. The van der Waals surface area contributed by atoms with Crippen molar-refractivity contribution >= 4 is 16.8 Å². The van der Waals surface area contributed by atoms with E-state index in [1.54, 1.807) is 0 Å². The Morgan fingerprint density at radius 1 is 1.00 bits per heavy atom. The Morgan fingerprint density at radius 3 is 2.37 bits per heavy atom. The molecule has 3 rings (SSSR count). The zero-order valence-corrected chi connectivity index (χ0v) is 14.9. The third-order valence-corrected chi connectivity index (χ3v) is 4.14. The Labute approximate surface area is 164 Å². The van der Waals surface area contributed by atoms with Crippen LogP contribution in [0.5, 0.6) is 0 Å².